The molecule has 2 unspecified atom stereocenters. The van der Waals surface area contributed by atoms with Crippen LogP contribution < -0.4 is 0 Å². The summed E-state index contributed by atoms with van der Waals surface area (Å²) in [5.41, 5.74) is 1.10. The molecule has 1 aromatic rings. The summed E-state index contributed by atoms with van der Waals surface area (Å²) in [6, 6.07) is 6.36. The van der Waals surface area contributed by atoms with Crippen LogP contribution in [0.4, 0.5) is 0 Å². The fraction of sp³-hybridized carbons (Fsp3) is 0.739. The van der Waals surface area contributed by atoms with Crippen molar-refractivity contribution in [3.8, 4) is 0 Å². The summed E-state index contributed by atoms with van der Waals surface area (Å²) >= 11 is 0. The highest BCUT2D eigenvalue weighted by Crippen LogP contribution is 2.22. The molecule has 0 amide bonds. The van der Waals surface area contributed by atoms with Gasteiger partial charge in [0.1, 0.15) is 10.1 Å². The van der Waals surface area contributed by atoms with Crippen LogP contribution in [-0.2, 0) is 16.5 Å². The lowest BCUT2D eigenvalue weighted by Crippen LogP contribution is -2.00. The maximum absolute atomic E-state index is 10.9. The van der Waals surface area contributed by atoms with Crippen molar-refractivity contribution in [3.63, 3.8) is 0 Å². The lowest BCUT2D eigenvalue weighted by molar-refractivity contribution is 0.387. The Labute approximate surface area is 167 Å². The summed E-state index contributed by atoms with van der Waals surface area (Å²) in [5, 5.41) is 0. The van der Waals surface area contributed by atoms with Gasteiger partial charge in [-0.3, -0.25) is 0 Å². The highest BCUT2D eigenvalue weighted by Gasteiger charge is 2.07. The molecule has 0 bridgehead atoms. The Bertz CT molecular complexity index is 605. The zero-order chi connectivity index (χ0) is 20.3. The molecule has 3 nitrogen and oxygen atoms in total. The van der Waals surface area contributed by atoms with E-state index in [4.69, 9.17) is 0 Å². The fourth-order valence-electron chi connectivity index (χ4n) is 3.62. The van der Waals surface area contributed by atoms with Crippen molar-refractivity contribution in [2.45, 2.75) is 96.8 Å². The number of rotatable bonds is 14. The first-order valence-corrected chi connectivity index (χ1v) is 12.1. The Hall–Kier alpha value is -0.870. The molecule has 0 aromatic heterocycles. The van der Waals surface area contributed by atoms with E-state index in [9.17, 15) is 13.0 Å². The highest BCUT2D eigenvalue weighted by molar-refractivity contribution is 7.85. The SMILES string of the molecule is CC(C)CCCC(C)CCCC(C)CCCCc1ccc(S(=O)(=O)[O-])cc1. The first-order chi connectivity index (χ1) is 12.7. The summed E-state index contributed by atoms with van der Waals surface area (Å²) in [4.78, 5) is -0.140. The van der Waals surface area contributed by atoms with E-state index in [0.717, 1.165) is 36.2 Å². The molecule has 0 aliphatic heterocycles. The third kappa shape index (κ3) is 11.5. The predicted octanol–water partition coefficient (Wildman–Crippen LogP) is 6.57. The van der Waals surface area contributed by atoms with Gasteiger partial charge < -0.3 is 4.55 Å². The molecule has 156 valence electrons. The molecule has 1 aromatic carbocycles. The van der Waals surface area contributed by atoms with E-state index in [2.05, 4.69) is 27.7 Å². The van der Waals surface area contributed by atoms with Crippen molar-refractivity contribution in [1.82, 2.24) is 0 Å². The van der Waals surface area contributed by atoms with E-state index >= 15 is 0 Å². The van der Waals surface area contributed by atoms with Crippen molar-refractivity contribution in [1.29, 1.82) is 0 Å². The summed E-state index contributed by atoms with van der Waals surface area (Å²) in [5.74, 6) is 2.47. The molecule has 0 saturated heterocycles. The van der Waals surface area contributed by atoms with Gasteiger partial charge in [-0.15, -0.1) is 0 Å². The fourth-order valence-corrected chi connectivity index (χ4v) is 4.09. The molecule has 0 radical (unpaired) electrons. The molecule has 0 heterocycles. The lowest BCUT2D eigenvalue weighted by Gasteiger charge is -2.15. The Kier molecular flexibility index (Phi) is 11.2. The predicted molar refractivity (Wildman–Crippen MR) is 113 cm³/mol. The minimum atomic E-state index is -4.33. The lowest BCUT2D eigenvalue weighted by atomic mass is 9.91. The second-order valence-corrected chi connectivity index (χ2v) is 10.2. The normalized spacial score (nSPS) is 14.4. The summed E-state index contributed by atoms with van der Waals surface area (Å²) in [6.45, 7) is 9.36. The van der Waals surface area contributed by atoms with Crippen molar-refractivity contribution in [2.75, 3.05) is 0 Å². The van der Waals surface area contributed by atoms with Gasteiger partial charge in [-0.2, -0.15) is 0 Å². The Morgan fingerprint density at radius 1 is 0.741 bits per heavy atom. The van der Waals surface area contributed by atoms with Crippen molar-refractivity contribution in [2.24, 2.45) is 17.8 Å². The molecule has 0 spiro atoms. The number of hydrogen-bond donors (Lipinski definition) is 0. The smallest absolute Gasteiger partial charge is 0.124 e. The Morgan fingerprint density at radius 3 is 1.70 bits per heavy atom. The van der Waals surface area contributed by atoms with Crippen LogP contribution in [0.25, 0.3) is 0 Å². The molecule has 0 N–H and O–H groups in total. The van der Waals surface area contributed by atoms with Gasteiger partial charge in [0.15, 0.2) is 0 Å². The van der Waals surface area contributed by atoms with E-state index in [-0.39, 0.29) is 4.90 Å². The number of unbranched alkanes of at least 4 members (excludes halogenated alkanes) is 1. The molecule has 0 aliphatic rings. The van der Waals surface area contributed by atoms with Gasteiger partial charge in [0.25, 0.3) is 0 Å². The Balaban J connectivity index is 2.11. The van der Waals surface area contributed by atoms with Gasteiger partial charge in [-0.25, -0.2) is 8.42 Å². The van der Waals surface area contributed by atoms with Crippen LogP contribution in [0.1, 0.15) is 91.0 Å². The third-order valence-electron chi connectivity index (χ3n) is 5.50. The van der Waals surface area contributed by atoms with E-state index in [1.54, 1.807) is 12.1 Å². The minimum absolute atomic E-state index is 0.140. The Morgan fingerprint density at radius 2 is 1.22 bits per heavy atom. The average molecular weight is 396 g/mol. The first kappa shape index (κ1) is 24.2. The van der Waals surface area contributed by atoms with E-state index in [0.29, 0.717) is 0 Å². The van der Waals surface area contributed by atoms with Crippen LogP contribution in [0, 0.1) is 17.8 Å². The van der Waals surface area contributed by atoms with Crippen molar-refractivity contribution in [3.05, 3.63) is 29.8 Å². The van der Waals surface area contributed by atoms with Crippen molar-refractivity contribution < 1.29 is 13.0 Å². The van der Waals surface area contributed by atoms with Gasteiger partial charge in [0, 0.05) is 0 Å². The van der Waals surface area contributed by atoms with Gasteiger partial charge in [-0.05, 0) is 48.3 Å². The number of hydrogen-bond acceptors (Lipinski definition) is 3. The largest absolute Gasteiger partial charge is 0.744 e. The van der Waals surface area contributed by atoms with Gasteiger partial charge in [-0.1, -0.05) is 91.2 Å². The van der Waals surface area contributed by atoms with Crippen LogP contribution in [0.5, 0.6) is 0 Å². The summed E-state index contributed by atoms with van der Waals surface area (Å²) in [7, 11) is -4.33. The molecule has 4 heteroatoms. The summed E-state index contributed by atoms with van der Waals surface area (Å²) < 4.78 is 32.8. The third-order valence-corrected chi connectivity index (χ3v) is 6.35. The number of aryl methyl sites for hydroxylation is 1. The molecule has 0 fully saturated rings. The summed E-state index contributed by atoms with van der Waals surface area (Å²) in [6.07, 6.45) is 12.6. The van der Waals surface area contributed by atoms with Gasteiger partial charge in [0.05, 0.1) is 4.90 Å². The van der Waals surface area contributed by atoms with Crippen LogP contribution in [0.3, 0.4) is 0 Å². The first-order valence-electron chi connectivity index (χ1n) is 10.7. The quantitative estimate of drug-likeness (QED) is 0.264. The molecule has 2 atom stereocenters. The van der Waals surface area contributed by atoms with Gasteiger partial charge >= 0.3 is 0 Å². The second kappa shape index (κ2) is 12.6. The average Bonchev–Trinajstić information content (AvgIpc) is 2.58. The zero-order valence-electron chi connectivity index (χ0n) is 17.7. The molecule has 1 rings (SSSR count). The zero-order valence-corrected chi connectivity index (χ0v) is 18.6. The van der Waals surface area contributed by atoms with Crippen LogP contribution in [0.2, 0.25) is 0 Å². The van der Waals surface area contributed by atoms with Gasteiger partial charge in [0.2, 0.25) is 0 Å². The highest BCUT2D eigenvalue weighted by atomic mass is 32.2. The number of benzene rings is 1. The standard InChI is InChI=1S/C23H40O3S/c1-19(2)9-7-11-21(4)13-8-12-20(3)10-5-6-14-22-15-17-23(18-16-22)27(24,25)26/h15-21H,5-14H2,1-4H3,(H,24,25,26)/p-1. The molecule has 0 aliphatic carbocycles. The maximum Gasteiger partial charge on any atom is 0.124 e. The van der Waals surface area contributed by atoms with Crippen LogP contribution in [-0.4, -0.2) is 13.0 Å². The topological polar surface area (TPSA) is 57.2 Å². The van der Waals surface area contributed by atoms with Crippen molar-refractivity contribution >= 4 is 10.1 Å². The minimum Gasteiger partial charge on any atom is -0.744 e. The van der Waals surface area contributed by atoms with Crippen LogP contribution >= 0.6 is 0 Å². The molecule has 27 heavy (non-hydrogen) atoms. The molecular formula is C23H39O3S-. The second-order valence-electron chi connectivity index (χ2n) is 8.81. The van der Waals surface area contributed by atoms with Crippen LogP contribution in [0.15, 0.2) is 29.2 Å². The van der Waals surface area contributed by atoms with E-state index in [1.165, 1.54) is 63.5 Å². The maximum atomic E-state index is 10.9. The molecular weight excluding hydrogens is 356 g/mol. The molecule has 0 saturated carbocycles. The van der Waals surface area contributed by atoms with E-state index in [1.807, 2.05) is 0 Å². The monoisotopic (exact) mass is 395 g/mol. The van der Waals surface area contributed by atoms with E-state index < -0.39 is 10.1 Å².